The van der Waals surface area contributed by atoms with E-state index in [-0.39, 0.29) is 11.8 Å². The molecule has 0 atom stereocenters. The van der Waals surface area contributed by atoms with Gasteiger partial charge in [-0.15, -0.1) is 0 Å². The summed E-state index contributed by atoms with van der Waals surface area (Å²) in [5.41, 5.74) is 1.08. The zero-order valence-corrected chi connectivity index (χ0v) is 12.7. The number of hydrogen-bond donors (Lipinski definition) is 3. The van der Waals surface area contributed by atoms with E-state index in [1.807, 2.05) is 0 Å². The number of carbonyl (C=O) groups excluding carboxylic acids is 2. The SMILES string of the molecule is CC(=O)Nc1cc(C(=O)NC2CC2)cnc1N1CCNCC1. The first-order chi connectivity index (χ1) is 10.6. The van der Waals surface area contributed by atoms with Gasteiger partial charge in [0, 0.05) is 45.3 Å². The van der Waals surface area contributed by atoms with Gasteiger partial charge in [-0.1, -0.05) is 0 Å². The lowest BCUT2D eigenvalue weighted by Crippen LogP contribution is -2.44. The highest BCUT2D eigenvalue weighted by atomic mass is 16.2. The number of carbonyl (C=O) groups is 2. The van der Waals surface area contributed by atoms with Gasteiger partial charge in [0.15, 0.2) is 5.82 Å². The fraction of sp³-hybridized carbons (Fsp3) is 0.533. The summed E-state index contributed by atoms with van der Waals surface area (Å²) in [4.78, 5) is 30.1. The van der Waals surface area contributed by atoms with E-state index in [0.29, 0.717) is 17.3 Å². The minimum absolute atomic E-state index is 0.131. The largest absolute Gasteiger partial charge is 0.352 e. The smallest absolute Gasteiger partial charge is 0.253 e. The average Bonchev–Trinajstić information content (AvgIpc) is 3.31. The van der Waals surface area contributed by atoms with E-state index < -0.39 is 0 Å². The van der Waals surface area contributed by atoms with Crippen LogP contribution in [0.1, 0.15) is 30.1 Å². The summed E-state index contributed by atoms with van der Waals surface area (Å²) in [6.07, 6.45) is 3.66. The average molecular weight is 303 g/mol. The van der Waals surface area contributed by atoms with Crippen molar-refractivity contribution in [2.75, 3.05) is 36.4 Å². The molecule has 0 aromatic carbocycles. The molecule has 0 radical (unpaired) electrons. The van der Waals surface area contributed by atoms with Gasteiger partial charge in [0.1, 0.15) is 0 Å². The van der Waals surface area contributed by atoms with E-state index in [1.54, 1.807) is 12.3 Å². The van der Waals surface area contributed by atoms with Crippen molar-refractivity contribution < 1.29 is 9.59 Å². The lowest BCUT2D eigenvalue weighted by atomic mass is 10.2. The number of nitrogens with one attached hydrogen (secondary N) is 3. The number of anilines is 2. The maximum absolute atomic E-state index is 12.1. The molecule has 3 N–H and O–H groups in total. The van der Waals surface area contributed by atoms with Crippen LogP contribution in [0.15, 0.2) is 12.3 Å². The summed E-state index contributed by atoms with van der Waals surface area (Å²) >= 11 is 0. The van der Waals surface area contributed by atoms with Gasteiger partial charge >= 0.3 is 0 Å². The van der Waals surface area contributed by atoms with Crippen molar-refractivity contribution in [3.05, 3.63) is 17.8 Å². The fourth-order valence-electron chi connectivity index (χ4n) is 2.49. The maximum Gasteiger partial charge on any atom is 0.253 e. The molecule has 118 valence electrons. The van der Waals surface area contributed by atoms with Crippen molar-refractivity contribution in [3.63, 3.8) is 0 Å². The zero-order valence-electron chi connectivity index (χ0n) is 12.7. The molecule has 2 amide bonds. The van der Waals surface area contributed by atoms with Crippen LogP contribution in [0.5, 0.6) is 0 Å². The van der Waals surface area contributed by atoms with E-state index in [4.69, 9.17) is 0 Å². The van der Waals surface area contributed by atoms with Gasteiger partial charge in [-0.2, -0.15) is 0 Å². The van der Waals surface area contributed by atoms with Crippen molar-refractivity contribution in [2.24, 2.45) is 0 Å². The van der Waals surface area contributed by atoms with Crippen molar-refractivity contribution >= 4 is 23.3 Å². The van der Waals surface area contributed by atoms with Crippen LogP contribution in [0.4, 0.5) is 11.5 Å². The Kier molecular flexibility index (Phi) is 4.24. The summed E-state index contributed by atoms with van der Waals surface area (Å²) in [7, 11) is 0. The molecule has 1 saturated heterocycles. The Balaban J connectivity index is 1.84. The molecule has 1 aliphatic heterocycles. The van der Waals surface area contributed by atoms with Gasteiger partial charge in [-0.3, -0.25) is 9.59 Å². The lowest BCUT2D eigenvalue weighted by molar-refractivity contribution is -0.114. The topological polar surface area (TPSA) is 86.4 Å². The second-order valence-electron chi connectivity index (χ2n) is 5.76. The van der Waals surface area contributed by atoms with E-state index in [1.165, 1.54) is 6.92 Å². The third kappa shape index (κ3) is 3.54. The monoisotopic (exact) mass is 303 g/mol. The predicted octanol–water partition coefficient (Wildman–Crippen LogP) is 0.342. The molecule has 1 aliphatic carbocycles. The van der Waals surface area contributed by atoms with Crippen molar-refractivity contribution in [2.45, 2.75) is 25.8 Å². The molecule has 1 aromatic heterocycles. The van der Waals surface area contributed by atoms with Crippen LogP contribution >= 0.6 is 0 Å². The summed E-state index contributed by atoms with van der Waals surface area (Å²) in [5, 5.41) is 9.01. The second kappa shape index (κ2) is 6.31. The highest BCUT2D eigenvalue weighted by Crippen LogP contribution is 2.26. The quantitative estimate of drug-likeness (QED) is 0.747. The maximum atomic E-state index is 12.1. The van der Waals surface area contributed by atoms with E-state index in [2.05, 4.69) is 25.8 Å². The molecule has 1 aromatic rings. The highest BCUT2D eigenvalue weighted by Gasteiger charge is 2.25. The first-order valence-electron chi connectivity index (χ1n) is 7.67. The molecule has 0 spiro atoms. The summed E-state index contributed by atoms with van der Waals surface area (Å²) in [6.45, 7) is 4.87. The van der Waals surface area contributed by atoms with Gasteiger partial charge in [-0.05, 0) is 18.9 Å². The Morgan fingerprint density at radius 1 is 1.32 bits per heavy atom. The number of rotatable bonds is 4. The molecule has 2 aliphatic rings. The highest BCUT2D eigenvalue weighted by molar-refractivity contribution is 5.98. The predicted molar refractivity (Wildman–Crippen MR) is 84.1 cm³/mol. The van der Waals surface area contributed by atoms with Crippen LogP contribution in [-0.2, 0) is 4.79 Å². The number of nitrogens with zero attached hydrogens (tertiary/aromatic N) is 2. The molecular formula is C15H21N5O2. The normalized spacial score (nSPS) is 18.0. The van der Waals surface area contributed by atoms with Crippen LogP contribution < -0.4 is 20.9 Å². The molecule has 2 fully saturated rings. The number of piperazine rings is 1. The summed E-state index contributed by atoms with van der Waals surface area (Å²) in [5.74, 6) is 0.422. The van der Waals surface area contributed by atoms with E-state index in [0.717, 1.165) is 44.8 Å². The van der Waals surface area contributed by atoms with Crippen LogP contribution in [0.25, 0.3) is 0 Å². The number of hydrogen-bond acceptors (Lipinski definition) is 5. The molecule has 22 heavy (non-hydrogen) atoms. The molecular weight excluding hydrogens is 282 g/mol. The molecule has 2 heterocycles. The fourth-order valence-corrected chi connectivity index (χ4v) is 2.49. The van der Waals surface area contributed by atoms with Crippen molar-refractivity contribution in [1.29, 1.82) is 0 Å². The van der Waals surface area contributed by atoms with Crippen LogP contribution in [-0.4, -0.2) is 49.0 Å². The second-order valence-corrected chi connectivity index (χ2v) is 5.76. The minimum Gasteiger partial charge on any atom is -0.352 e. The molecule has 1 saturated carbocycles. The first-order valence-corrected chi connectivity index (χ1v) is 7.67. The van der Waals surface area contributed by atoms with E-state index in [9.17, 15) is 9.59 Å². The molecule has 3 rings (SSSR count). The minimum atomic E-state index is -0.169. The Morgan fingerprint density at radius 2 is 2.05 bits per heavy atom. The molecule has 7 heteroatoms. The van der Waals surface area contributed by atoms with Gasteiger partial charge < -0.3 is 20.9 Å². The van der Waals surface area contributed by atoms with E-state index >= 15 is 0 Å². The Bertz CT molecular complexity index is 579. The number of aromatic nitrogens is 1. The third-order valence-corrected chi connectivity index (χ3v) is 3.77. The lowest BCUT2D eigenvalue weighted by Gasteiger charge is -2.30. The van der Waals surface area contributed by atoms with Crippen LogP contribution in [0, 0.1) is 0 Å². The molecule has 0 bridgehead atoms. The Hall–Kier alpha value is -2.15. The zero-order chi connectivity index (χ0) is 15.5. The number of pyridine rings is 1. The third-order valence-electron chi connectivity index (χ3n) is 3.77. The molecule has 0 unspecified atom stereocenters. The van der Waals surface area contributed by atoms with Gasteiger partial charge in [-0.25, -0.2) is 4.98 Å². The Labute approximate surface area is 129 Å². The van der Waals surface area contributed by atoms with Crippen LogP contribution in [0.3, 0.4) is 0 Å². The van der Waals surface area contributed by atoms with Gasteiger partial charge in [0.2, 0.25) is 5.91 Å². The van der Waals surface area contributed by atoms with Crippen LogP contribution in [0.2, 0.25) is 0 Å². The van der Waals surface area contributed by atoms with Crippen molar-refractivity contribution in [3.8, 4) is 0 Å². The van der Waals surface area contributed by atoms with Crippen molar-refractivity contribution in [1.82, 2.24) is 15.6 Å². The number of amides is 2. The first kappa shape index (κ1) is 14.8. The standard InChI is InChI=1S/C15H21N5O2/c1-10(21)18-13-8-11(15(22)19-12-2-3-12)9-17-14(13)20-6-4-16-5-7-20/h8-9,12,16H,2-7H2,1H3,(H,18,21)(H,19,22). The summed E-state index contributed by atoms with van der Waals surface area (Å²) in [6, 6.07) is 2.01. The Morgan fingerprint density at radius 3 is 2.68 bits per heavy atom. The summed E-state index contributed by atoms with van der Waals surface area (Å²) < 4.78 is 0. The van der Waals surface area contributed by atoms with Gasteiger partial charge in [0.25, 0.3) is 5.91 Å². The molecule has 7 nitrogen and oxygen atoms in total. The van der Waals surface area contributed by atoms with Gasteiger partial charge in [0.05, 0.1) is 11.3 Å².